The summed E-state index contributed by atoms with van der Waals surface area (Å²) in [4.78, 5) is 2.39. The predicted molar refractivity (Wildman–Crippen MR) is 46.7 cm³/mol. The van der Waals surface area contributed by atoms with Gasteiger partial charge in [-0.3, -0.25) is 0 Å². The number of hydrogen-bond acceptors (Lipinski definition) is 2. The number of rotatable bonds is 3. The first-order valence-corrected chi connectivity index (χ1v) is 4.52. The third-order valence-electron chi connectivity index (χ3n) is 2.29. The number of ether oxygens (including phenoxy) is 1. The van der Waals surface area contributed by atoms with E-state index in [0.717, 1.165) is 6.61 Å². The Kier molecular flexibility index (Phi) is 3.34. The molecule has 0 aromatic heterocycles. The van der Waals surface area contributed by atoms with Crippen LogP contribution in [0, 0.1) is 0 Å². The molecule has 2 heteroatoms. The van der Waals surface area contributed by atoms with Gasteiger partial charge in [0.1, 0.15) is 0 Å². The van der Waals surface area contributed by atoms with Gasteiger partial charge in [-0.15, -0.1) is 0 Å². The Morgan fingerprint density at radius 1 is 1.55 bits per heavy atom. The molecule has 1 heterocycles. The van der Waals surface area contributed by atoms with Crippen LogP contribution in [0.1, 0.15) is 26.7 Å². The quantitative estimate of drug-likeness (QED) is 0.615. The van der Waals surface area contributed by atoms with Crippen LogP contribution in [0.25, 0.3) is 0 Å². The highest BCUT2D eigenvalue weighted by Crippen LogP contribution is 2.14. The molecule has 0 spiro atoms. The van der Waals surface area contributed by atoms with E-state index >= 15 is 0 Å². The van der Waals surface area contributed by atoms with Crippen molar-refractivity contribution in [1.29, 1.82) is 0 Å². The Morgan fingerprint density at radius 3 is 2.73 bits per heavy atom. The summed E-state index contributed by atoms with van der Waals surface area (Å²) in [6, 6.07) is 0.678. The molecule has 66 valence electrons. The van der Waals surface area contributed by atoms with E-state index in [2.05, 4.69) is 25.8 Å². The van der Waals surface area contributed by atoms with Crippen LogP contribution in [0.15, 0.2) is 0 Å². The molecule has 1 aliphatic rings. The molecule has 11 heavy (non-hydrogen) atoms. The molecule has 1 fully saturated rings. The molecule has 0 amide bonds. The average Bonchev–Trinajstić information content (AvgIpc) is 2.31. The maximum atomic E-state index is 5.55. The topological polar surface area (TPSA) is 12.5 Å². The van der Waals surface area contributed by atoms with E-state index < -0.39 is 0 Å². The molecule has 0 aromatic rings. The molecule has 2 nitrogen and oxygen atoms in total. The van der Waals surface area contributed by atoms with E-state index in [0.29, 0.717) is 12.1 Å². The van der Waals surface area contributed by atoms with E-state index in [1.807, 2.05) is 0 Å². The van der Waals surface area contributed by atoms with Crippen molar-refractivity contribution in [3.8, 4) is 0 Å². The fraction of sp³-hybridized carbons (Fsp3) is 1.00. The van der Waals surface area contributed by atoms with Crippen molar-refractivity contribution in [2.24, 2.45) is 0 Å². The van der Waals surface area contributed by atoms with Gasteiger partial charge in [-0.1, -0.05) is 0 Å². The van der Waals surface area contributed by atoms with Gasteiger partial charge in [0.15, 0.2) is 0 Å². The zero-order valence-corrected chi connectivity index (χ0v) is 7.84. The number of nitrogens with zero attached hydrogens (tertiary/aromatic N) is 1. The molecule has 1 atom stereocenters. The molecule has 1 rings (SSSR count). The second kappa shape index (κ2) is 4.07. The third kappa shape index (κ3) is 2.80. The van der Waals surface area contributed by atoms with Crippen molar-refractivity contribution in [3.63, 3.8) is 0 Å². The van der Waals surface area contributed by atoms with Gasteiger partial charge in [-0.2, -0.15) is 0 Å². The third-order valence-corrected chi connectivity index (χ3v) is 2.29. The predicted octanol–water partition coefficient (Wildman–Crippen LogP) is 1.51. The van der Waals surface area contributed by atoms with Gasteiger partial charge in [-0.25, -0.2) is 0 Å². The monoisotopic (exact) mass is 157 g/mol. The summed E-state index contributed by atoms with van der Waals surface area (Å²) in [7, 11) is 2.18. The molecule has 0 unspecified atom stereocenters. The molecule has 0 bridgehead atoms. The smallest absolute Gasteiger partial charge is 0.0625 e. The lowest BCUT2D eigenvalue weighted by molar-refractivity contribution is 0.0432. The van der Waals surface area contributed by atoms with E-state index in [4.69, 9.17) is 4.74 Å². The Balaban J connectivity index is 2.15. The number of likely N-dealkylation sites (tertiary alicyclic amines) is 1. The summed E-state index contributed by atoms with van der Waals surface area (Å²) >= 11 is 0. The zero-order chi connectivity index (χ0) is 8.27. The maximum absolute atomic E-state index is 5.55. The Hall–Kier alpha value is -0.0800. The average molecular weight is 157 g/mol. The Labute approximate surface area is 69.5 Å². The first-order valence-electron chi connectivity index (χ1n) is 4.52. The van der Waals surface area contributed by atoms with Crippen molar-refractivity contribution >= 4 is 0 Å². The maximum Gasteiger partial charge on any atom is 0.0625 e. The van der Waals surface area contributed by atoms with Crippen molar-refractivity contribution in [3.05, 3.63) is 0 Å². The van der Waals surface area contributed by atoms with Crippen LogP contribution >= 0.6 is 0 Å². The highest BCUT2D eigenvalue weighted by atomic mass is 16.5. The standard InChI is InChI=1S/C9H19NO/c1-8(2)11-7-9-5-4-6-10(9)3/h8-9H,4-7H2,1-3H3/t9-/m0/s1. The van der Waals surface area contributed by atoms with E-state index in [9.17, 15) is 0 Å². The molecule has 0 radical (unpaired) electrons. The number of likely N-dealkylation sites (N-methyl/N-ethyl adjacent to an activating group) is 1. The molecule has 1 saturated heterocycles. The minimum absolute atomic E-state index is 0.379. The fourth-order valence-corrected chi connectivity index (χ4v) is 1.49. The van der Waals surface area contributed by atoms with Crippen LogP contribution in [0.3, 0.4) is 0 Å². The largest absolute Gasteiger partial charge is 0.377 e. The molecule has 0 saturated carbocycles. The van der Waals surface area contributed by atoms with Crippen LogP contribution < -0.4 is 0 Å². The molecule has 0 N–H and O–H groups in total. The van der Waals surface area contributed by atoms with Gasteiger partial charge in [0.25, 0.3) is 0 Å². The lowest BCUT2D eigenvalue weighted by atomic mass is 10.2. The summed E-state index contributed by atoms with van der Waals surface area (Å²) in [5.74, 6) is 0. The summed E-state index contributed by atoms with van der Waals surface area (Å²) in [6.45, 7) is 6.34. The van der Waals surface area contributed by atoms with Gasteiger partial charge in [0, 0.05) is 6.04 Å². The second-order valence-corrected chi connectivity index (χ2v) is 3.66. The van der Waals surface area contributed by atoms with Gasteiger partial charge in [-0.05, 0) is 40.3 Å². The van der Waals surface area contributed by atoms with Gasteiger partial charge < -0.3 is 9.64 Å². The summed E-state index contributed by atoms with van der Waals surface area (Å²) in [5.41, 5.74) is 0. The molecular formula is C9H19NO. The minimum Gasteiger partial charge on any atom is -0.377 e. The summed E-state index contributed by atoms with van der Waals surface area (Å²) in [5, 5.41) is 0. The van der Waals surface area contributed by atoms with Crippen molar-refractivity contribution < 1.29 is 4.74 Å². The highest BCUT2D eigenvalue weighted by Gasteiger charge is 2.20. The van der Waals surface area contributed by atoms with Gasteiger partial charge >= 0.3 is 0 Å². The van der Waals surface area contributed by atoms with Crippen molar-refractivity contribution in [2.45, 2.75) is 38.8 Å². The Bertz CT molecular complexity index is 114. The molecule has 0 aliphatic carbocycles. The van der Waals surface area contributed by atoms with Crippen molar-refractivity contribution in [2.75, 3.05) is 20.2 Å². The van der Waals surface area contributed by atoms with Crippen LogP contribution in [-0.2, 0) is 4.74 Å². The second-order valence-electron chi connectivity index (χ2n) is 3.66. The summed E-state index contributed by atoms with van der Waals surface area (Å²) in [6.07, 6.45) is 3.02. The highest BCUT2D eigenvalue weighted by molar-refractivity contribution is 4.75. The van der Waals surface area contributed by atoms with Crippen LogP contribution in [0.4, 0.5) is 0 Å². The van der Waals surface area contributed by atoms with Crippen molar-refractivity contribution in [1.82, 2.24) is 4.90 Å². The van der Waals surface area contributed by atoms with Crippen LogP contribution in [0.2, 0.25) is 0 Å². The Morgan fingerprint density at radius 2 is 2.27 bits per heavy atom. The SMILES string of the molecule is CC(C)OC[C@@H]1CCCN1C. The van der Waals surface area contributed by atoms with E-state index in [-0.39, 0.29) is 0 Å². The number of hydrogen-bond donors (Lipinski definition) is 0. The lowest BCUT2D eigenvalue weighted by Gasteiger charge is -2.20. The summed E-state index contributed by atoms with van der Waals surface area (Å²) < 4.78 is 5.55. The molecular weight excluding hydrogens is 138 g/mol. The minimum atomic E-state index is 0.379. The van der Waals surface area contributed by atoms with E-state index in [1.54, 1.807) is 0 Å². The first kappa shape index (κ1) is 9.01. The van der Waals surface area contributed by atoms with Gasteiger partial charge in [0.05, 0.1) is 12.7 Å². The normalized spacial score (nSPS) is 26.7. The molecule has 1 aliphatic heterocycles. The molecule has 0 aromatic carbocycles. The zero-order valence-electron chi connectivity index (χ0n) is 7.84. The lowest BCUT2D eigenvalue weighted by Crippen LogP contribution is -2.30. The first-order chi connectivity index (χ1) is 5.20. The van der Waals surface area contributed by atoms with Crippen LogP contribution in [0.5, 0.6) is 0 Å². The van der Waals surface area contributed by atoms with Gasteiger partial charge in [0.2, 0.25) is 0 Å². The fourth-order valence-electron chi connectivity index (χ4n) is 1.49. The van der Waals surface area contributed by atoms with Crippen LogP contribution in [-0.4, -0.2) is 37.2 Å². The van der Waals surface area contributed by atoms with E-state index in [1.165, 1.54) is 19.4 Å².